The van der Waals surface area contributed by atoms with E-state index in [0.29, 0.717) is 5.52 Å². The SMILES string of the molecule is Cc1[nH]nc2cc(N)c(F)cc12. The third-order valence-electron chi connectivity index (χ3n) is 1.86. The molecular weight excluding hydrogens is 157 g/mol. The molecule has 1 aromatic carbocycles. The van der Waals surface area contributed by atoms with Crippen molar-refractivity contribution >= 4 is 16.6 Å². The van der Waals surface area contributed by atoms with E-state index in [0.717, 1.165) is 11.1 Å². The van der Waals surface area contributed by atoms with Gasteiger partial charge >= 0.3 is 0 Å². The van der Waals surface area contributed by atoms with E-state index in [4.69, 9.17) is 5.73 Å². The van der Waals surface area contributed by atoms with Gasteiger partial charge in [-0.1, -0.05) is 0 Å². The van der Waals surface area contributed by atoms with Crippen molar-refractivity contribution in [3.05, 3.63) is 23.6 Å². The summed E-state index contributed by atoms with van der Waals surface area (Å²) in [6, 6.07) is 2.91. The third kappa shape index (κ3) is 0.845. The van der Waals surface area contributed by atoms with Crippen LogP contribution in [-0.2, 0) is 0 Å². The van der Waals surface area contributed by atoms with E-state index >= 15 is 0 Å². The Kier molecular flexibility index (Phi) is 1.30. The minimum atomic E-state index is -0.396. The van der Waals surface area contributed by atoms with E-state index in [-0.39, 0.29) is 5.69 Å². The first-order valence-corrected chi connectivity index (χ1v) is 3.58. The number of hydrogen-bond acceptors (Lipinski definition) is 2. The summed E-state index contributed by atoms with van der Waals surface area (Å²) in [6.07, 6.45) is 0. The lowest BCUT2D eigenvalue weighted by Gasteiger charge is -1.95. The van der Waals surface area contributed by atoms with Crippen molar-refractivity contribution < 1.29 is 4.39 Å². The van der Waals surface area contributed by atoms with Gasteiger partial charge in [-0.2, -0.15) is 5.10 Å². The van der Waals surface area contributed by atoms with Gasteiger partial charge in [0.1, 0.15) is 5.82 Å². The molecule has 4 heteroatoms. The summed E-state index contributed by atoms with van der Waals surface area (Å²) in [5.74, 6) is -0.396. The van der Waals surface area contributed by atoms with Gasteiger partial charge in [0, 0.05) is 11.1 Å². The molecule has 0 bridgehead atoms. The average molecular weight is 165 g/mol. The number of nitrogens with one attached hydrogen (secondary N) is 1. The number of nitrogen functional groups attached to an aromatic ring is 1. The zero-order valence-electron chi connectivity index (χ0n) is 6.56. The Balaban J connectivity index is 2.87. The summed E-state index contributed by atoms with van der Waals surface area (Å²) in [5.41, 5.74) is 7.05. The van der Waals surface area contributed by atoms with Gasteiger partial charge in [0.05, 0.1) is 11.2 Å². The molecule has 0 unspecified atom stereocenters. The Bertz CT molecular complexity index is 433. The first kappa shape index (κ1) is 7.09. The Labute approximate surface area is 68.4 Å². The molecule has 0 aliphatic heterocycles. The number of anilines is 1. The fourth-order valence-corrected chi connectivity index (χ4v) is 1.18. The van der Waals surface area contributed by atoms with Crippen molar-refractivity contribution in [2.24, 2.45) is 0 Å². The lowest BCUT2D eigenvalue weighted by molar-refractivity contribution is 0.634. The van der Waals surface area contributed by atoms with Gasteiger partial charge < -0.3 is 5.73 Å². The molecule has 0 saturated carbocycles. The quantitative estimate of drug-likeness (QED) is 0.582. The van der Waals surface area contributed by atoms with Gasteiger partial charge in [0.25, 0.3) is 0 Å². The predicted octanol–water partition coefficient (Wildman–Crippen LogP) is 1.59. The van der Waals surface area contributed by atoms with Crippen molar-refractivity contribution in [2.45, 2.75) is 6.92 Å². The molecule has 2 aromatic rings. The minimum Gasteiger partial charge on any atom is -0.396 e. The summed E-state index contributed by atoms with van der Waals surface area (Å²) in [5, 5.41) is 7.49. The molecule has 1 aromatic heterocycles. The number of benzene rings is 1. The van der Waals surface area contributed by atoms with Crippen LogP contribution in [0.15, 0.2) is 12.1 Å². The zero-order chi connectivity index (χ0) is 8.72. The van der Waals surface area contributed by atoms with E-state index in [2.05, 4.69) is 10.2 Å². The molecule has 0 radical (unpaired) electrons. The molecule has 0 spiro atoms. The first-order valence-electron chi connectivity index (χ1n) is 3.58. The van der Waals surface area contributed by atoms with Crippen LogP contribution in [0.3, 0.4) is 0 Å². The lowest BCUT2D eigenvalue weighted by atomic mass is 10.2. The maximum Gasteiger partial charge on any atom is 0.146 e. The summed E-state index contributed by atoms with van der Waals surface area (Å²) >= 11 is 0. The van der Waals surface area contributed by atoms with Crippen LogP contribution in [0.5, 0.6) is 0 Å². The van der Waals surface area contributed by atoms with Crippen LogP contribution in [0.1, 0.15) is 5.69 Å². The molecule has 3 nitrogen and oxygen atoms in total. The maximum atomic E-state index is 12.9. The molecule has 0 saturated heterocycles. The highest BCUT2D eigenvalue weighted by molar-refractivity contribution is 5.84. The Morgan fingerprint density at radius 2 is 2.25 bits per heavy atom. The van der Waals surface area contributed by atoms with Crippen LogP contribution in [-0.4, -0.2) is 10.2 Å². The lowest BCUT2D eigenvalue weighted by Crippen LogP contribution is -1.89. The molecule has 62 valence electrons. The number of halogens is 1. The number of nitrogens with two attached hydrogens (primary N) is 1. The number of rotatable bonds is 0. The second-order valence-electron chi connectivity index (χ2n) is 2.74. The smallest absolute Gasteiger partial charge is 0.146 e. The Hall–Kier alpha value is -1.58. The summed E-state index contributed by atoms with van der Waals surface area (Å²) < 4.78 is 12.9. The summed E-state index contributed by atoms with van der Waals surface area (Å²) in [4.78, 5) is 0. The van der Waals surface area contributed by atoms with E-state index < -0.39 is 5.82 Å². The second kappa shape index (κ2) is 2.20. The third-order valence-corrected chi connectivity index (χ3v) is 1.86. The number of aromatic amines is 1. The molecular formula is C8H8FN3. The van der Waals surface area contributed by atoms with Crippen LogP contribution < -0.4 is 5.73 Å². The topological polar surface area (TPSA) is 54.7 Å². The van der Waals surface area contributed by atoms with Crippen molar-refractivity contribution in [2.75, 3.05) is 5.73 Å². The van der Waals surface area contributed by atoms with Gasteiger partial charge in [-0.15, -0.1) is 0 Å². The normalized spacial score (nSPS) is 10.8. The maximum absolute atomic E-state index is 12.9. The van der Waals surface area contributed by atoms with Crippen molar-refractivity contribution in [3.63, 3.8) is 0 Å². The van der Waals surface area contributed by atoms with Crippen LogP contribution >= 0.6 is 0 Å². The number of aryl methyl sites for hydroxylation is 1. The molecule has 1 heterocycles. The molecule has 12 heavy (non-hydrogen) atoms. The molecule has 0 atom stereocenters. The van der Waals surface area contributed by atoms with Crippen LogP contribution in [0, 0.1) is 12.7 Å². The van der Waals surface area contributed by atoms with Crippen molar-refractivity contribution in [1.82, 2.24) is 10.2 Å². The highest BCUT2D eigenvalue weighted by Crippen LogP contribution is 2.20. The molecule has 0 aliphatic rings. The minimum absolute atomic E-state index is 0.133. The molecule has 0 amide bonds. The highest BCUT2D eigenvalue weighted by atomic mass is 19.1. The van der Waals surface area contributed by atoms with Gasteiger partial charge in [-0.25, -0.2) is 4.39 Å². The first-order chi connectivity index (χ1) is 5.68. The van der Waals surface area contributed by atoms with E-state index in [1.165, 1.54) is 12.1 Å². The number of fused-ring (bicyclic) bond motifs is 1. The van der Waals surface area contributed by atoms with Gasteiger partial charge in [0.15, 0.2) is 0 Å². The fraction of sp³-hybridized carbons (Fsp3) is 0.125. The van der Waals surface area contributed by atoms with Gasteiger partial charge in [0.2, 0.25) is 0 Å². The molecule has 2 rings (SSSR count). The molecule has 0 aliphatic carbocycles. The zero-order valence-corrected chi connectivity index (χ0v) is 6.56. The van der Waals surface area contributed by atoms with E-state index in [9.17, 15) is 4.39 Å². The van der Waals surface area contributed by atoms with E-state index in [1.807, 2.05) is 6.92 Å². The number of nitrogens with zero attached hydrogens (tertiary/aromatic N) is 1. The predicted molar refractivity (Wildman–Crippen MR) is 45.2 cm³/mol. The standard InChI is InChI=1S/C8H8FN3/c1-4-5-2-6(9)7(10)3-8(5)12-11-4/h2-3H,10H2,1H3,(H,11,12). The highest BCUT2D eigenvalue weighted by Gasteiger charge is 2.05. The van der Waals surface area contributed by atoms with Gasteiger partial charge in [-0.05, 0) is 19.1 Å². The van der Waals surface area contributed by atoms with Crippen LogP contribution in [0.25, 0.3) is 10.9 Å². The van der Waals surface area contributed by atoms with Crippen LogP contribution in [0.4, 0.5) is 10.1 Å². The number of aromatic nitrogens is 2. The average Bonchev–Trinajstić information content (AvgIpc) is 2.35. The Morgan fingerprint density at radius 1 is 1.50 bits per heavy atom. The van der Waals surface area contributed by atoms with Gasteiger partial charge in [-0.3, -0.25) is 5.10 Å². The van der Waals surface area contributed by atoms with Crippen molar-refractivity contribution in [1.29, 1.82) is 0 Å². The van der Waals surface area contributed by atoms with Crippen molar-refractivity contribution in [3.8, 4) is 0 Å². The fourth-order valence-electron chi connectivity index (χ4n) is 1.18. The van der Waals surface area contributed by atoms with E-state index in [1.54, 1.807) is 0 Å². The number of H-pyrrole nitrogens is 1. The monoisotopic (exact) mass is 165 g/mol. The summed E-state index contributed by atoms with van der Waals surface area (Å²) in [6.45, 7) is 1.84. The number of hydrogen-bond donors (Lipinski definition) is 2. The van der Waals surface area contributed by atoms with Crippen LogP contribution in [0.2, 0.25) is 0 Å². The molecule has 3 N–H and O–H groups in total. The molecule has 0 fully saturated rings. The Morgan fingerprint density at radius 3 is 3.00 bits per heavy atom. The largest absolute Gasteiger partial charge is 0.396 e. The summed E-state index contributed by atoms with van der Waals surface area (Å²) in [7, 11) is 0. The second-order valence-corrected chi connectivity index (χ2v) is 2.74.